The molecule has 1 heterocycles. The van der Waals surface area contributed by atoms with Gasteiger partial charge in [-0.1, -0.05) is 78.9 Å². The summed E-state index contributed by atoms with van der Waals surface area (Å²) in [5.74, 6) is -4.59. The van der Waals surface area contributed by atoms with Crippen LogP contribution < -0.4 is 0 Å². The van der Waals surface area contributed by atoms with E-state index in [0.29, 0.717) is 16.0 Å². The minimum absolute atomic E-state index is 0.150. The Hall–Kier alpha value is -3.82. The van der Waals surface area contributed by atoms with E-state index in [1.54, 1.807) is 78.9 Å². The van der Waals surface area contributed by atoms with Crippen LogP contribution in [0.5, 0.6) is 0 Å². The number of amides is 1. The number of hydrogen-bond donors (Lipinski definition) is 1. The molecule has 0 unspecified atom stereocenters. The molecule has 4 rings (SSSR count). The van der Waals surface area contributed by atoms with Crippen LogP contribution in [-0.2, 0) is 27.4 Å². The third-order valence-corrected chi connectivity index (χ3v) is 6.03. The summed E-state index contributed by atoms with van der Waals surface area (Å²) in [5, 5.41) is 10.6. The molecule has 37 heavy (non-hydrogen) atoms. The maximum Gasteiger partial charge on any atom is 0.410 e. The van der Waals surface area contributed by atoms with E-state index in [1.165, 1.54) is 12.1 Å². The van der Waals surface area contributed by atoms with Crippen LogP contribution in [0.2, 0.25) is 0 Å². The fraction of sp³-hybridized carbons (Fsp3) is 0.286. The number of alkyl halides is 2. The first kappa shape index (κ1) is 26.2. The van der Waals surface area contributed by atoms with Gasteiger partial charge in [0.1, 0.15) is 25.4 Å². The Bertz CT molecular complexity index is 1160. The Balaban J connectivity index is 1.52. The van der Waals surface area contributed by atoms with Crippen molar-refractivity contribution in [2.75, 3.05) is 13.2 Å². The Kier molecular flexibility index (Phi) is 8.47. The molecule has 0 radical (unpaired) electrons. The van der Waals surface area contributed by atoms with E-state index in [9.17, 15) is 14.7 Å². The summed E-state index contributed by atoms with van der Waals surface area (Å²) in [5.41, 5.74) is 1.48. The van der Waals surface area contributed by atoms with Crippen LogP contribution in [-0.4, -0.2) is 59.4 Å². The number of nitrogens with zero attached hydrogens (tertiary/aromatic N) is 1. The number of likely N-dealkylation sites (tertiary alicyclic amines) is 1. The molecule has 1 aliphatic rings. The first-order valence-electron chi connectivity index (χ1n) is 11.8. The van der Waals surface area contributed by atoms with Crippen LogP contribution in [0.25, 0.3) is 0 Å². The van der Waals surface area contributed by atoms with Gasteiger partial charge in [-0.2, -0.15) is 0 Å². The SMILES string of the molecule is O=C(OC[C@H]1N(C(=O)OCc2ccccc2)C[C@@H](O)[C@@H](OCc2ccccc2)C1(F)F)c1ccccc1. The van der Waals surface area contributed by atoms with Crippen molar-refractivity contribution in [1.82, 2.24) is 4.90 Å². The smallest absolute Gasteiger partial charge is 0.410 e. The summed E-state index contributed by atoms with van der Waals surface area (Å²) >= 11 is 0. The maximum absolute atomic E-state index is 15.8. The topological polar surface area (TPSA) is 85.3 Å². The van der Waals surface area contributed by atoms with E-state index in [1.807, 2.05) is 0 Å². The van der Waals surface area contributed by atoms with E-state index in [4.69, 9.17) is 14.2 Å². The fourth-order valence-electron chi connectivity index (χ4n) is 4.08. The zero-order valence-corrected chi connectivity index (χ0v) is 19.9. The molecule has 0 aromatic heterocycles. The highest BCUT2D eigenvalue weighted by atomic mass is 19.3. The monoisotopic (exact) mass is 511 g/mol. The van der Waals surface area contributed by atoms with Gasteiger partial charge in [-0.25, -0.2) is 18.4 Å². The number of carbonyl (C=O) groups is 2. The quantitative estimate of drug-likeness (QED) is 0.450. The number of benzene rings is 3. The second-order valence-corrected chi connectivity index (χ2v) is 8.63. The first-order chi connectivity index (χ1) is 17.9. The van der Waals surface area contributed by atoms with Crippen molar-refractivity contribution in [2.24, 2.45) is 0 Å². The number of rotatable bonds is 8. The van der Waals surface area contributed by atoms with Gasteiger partial charge in [-0.15, -0.1) is 0 Å². The van der Waals surface area contributed by atoms with Gasteiger partial charge in [-0.05, 0) is 23.3 Å². The summed E-state index contributed by atoms with van der Waals surface area (Å²) in [4.78, 5) is 26.1. The molecule has 7 nitrogen and oxygen atoms in total. The van der Waals surface area contributed by atoms with Crippen LogP contribution in [0.4, 0.5) is 13.6 Å². The Morgan fingerprint density at radius 1 is 0.838 bits per heavy atom. The van der Waals surface area contributed by atoms with Crippen molar-refractivity contribution >= 4 is 12.1 Å². The molecule has 1 saturated heterocycles. The third-order valence-electron chi connectivity index (χ3n) is 6.03. The molecule has 3 aromatic rings. The van der Waals surface area contributed by atoms with Crippen LogP contribution in [0.3, 0.4) is 0 Å². The minimum Gasteiger partial charge on any atom is -0.460 e. The molecule has 3 atom stereocenters. The van der Waals surface area contributed by atoms with E-state index in [-0.39, 0.29) is 18.8 Å². The van der Waals surface area contributed by atoms with Crippen molar-refractivity contribution < 1.29 is 37.7 Å². The number of carbonyl (C=O) groups excluding carboxylic acids is 2. The molecule has 1 N–H and O–H groups in total. The van der Waals surface area contributed by atoms with Crippen LogP contribution in [0, 0.1) is 0 Å². The van der Waals surface area contributed by atoms with Crippen molar-refractivity contribution in [3.8, 4) is 0 Å². The highest BCUT2D eigenvalue weighted by Crippen LogP contribution is 2.37. The Labute approximate surface area is 213 Å². The molecule has 0 spiro atoms. The molecule has 1 aliphatic heterocycles. The Morgan fingerprint density at radius 2 is 1.38 bits per heavy atom. The molecule has 0 aliphatic carbocycles. The van der Waals surface area contributed by atoms with E-state index in [2.05, 4.69) is 0 Å². The third kappa shape index (κ3) is 6.49. The standard InChI is InChI=1S/C28H27F2NO6/c29-28(30)24(19-36-26(33)22-14-8-3-9-15-22)31(27(34)37-18-21-12-6-2-7-13-21)16-23(32)25(28)35-17-20-10-4-1-5-11-20/h1-15,23-25,32H,16-19H2/t23-,24-,25-/m1/s1. The normalized spacial score (nSPS) is 20.7. The average Bonchev–Trinajstić information content (AvgIpc) is 2.92. The lowest BCUT2D eigenvalue weighted by atomic mass is 9.93. The molecule has 1 amide bonds. The van der Waals surface area contributed by atoms with Crippen molar-refractivity contribution in [2.45, 2.75) is 37.4 Å². The highest BCUT2D eigenvalue weighted by molar-refractivity contribution is 5.89. The van der Waals surface area contributed by atoms with Gasteiger partial charge in [0, 0.05) is 0 Å². The molecule has 3 aromatic carbocycles. The second-order valence-electron chi connectivity index (χ2n) is 8.63. The largest absolute Gasteiger partial charge is 0.460 e. The molecular weight excluding hydrogens is 484 g/mol. The lowest BCUT2D eigenvalue weighted by Gasteiger charge is -2.46. The fourth-order valence-corrected chi connectivity index (χ4v) is 4.08. The van der Waals surface area contributed by atoms with E-state index < -0.39 is 49.4 Å². The lowest BCUT2D eigenvalue weighted by molar-refractivity contribution is -0.242. The maximum atomic E-state index is 15.8. The van der Waals surface area contributed by atoms with Gasteiger partial charge in [0.05, 0.1) is 18.7 Å². The van der Waals surface area contributed by atoms with Gasteiger partial charge in [0.2, 0.25) is 0 Å². The van der Waals surface area contributed by atoms with Gasteiger partial charge in [0.15, 0.2) is 6.10 Å². The molecular formula is C28H27F2NO6. The molecule has 0 bridgehead atoms. The zero-order valence-electron chi connectivity index (χ0n) is 19.9. The molecule has 9 heteroatoms. The Morgan fingerprint density at radius 3 is 1.97 bits per heavy atom. The van der Waals surface area contributed by atoms with Crippen LogP contribution in [0.15, 0.2) is 91.0 Å². The number of aliphatic hydroxyl groups is 1. The van der Waals surface area contributed by atoms with Crippen molar-refractivity contribution in [3.05, 3.63) is 108 Å². The molecule has 0 saturated carbocycles. The van der Waals surface area contributed by atoms with Crippen molar-refractivity contribution in [1.29, 1.82) is 0 Å². The number of esters is 1. The van der Waals surface area contributed by atoms with E-state index >= 15 is 8.78 Å². The summed E-state index contributed by atoms with van der Waals surface area (Å²) in [7, 11) is 0. The summed E-state index contributed by atoms with van der Waals surface area (Å²) in [6, 6.07) is 23.4. The average molecular weight is 512 g/mol. The minimum atomic E-state index is -3.77. The first-order valence-corrected chi connectivity index (χ1v) is 11.8. The summed E-state index contributed by atoms with van der Waals surface area (Å²) < 4.78 is 47.5. The highest BCUT2D eigenvalue weighted by Gasteiger charge is 2.59. The summed E-state index contributed by atoms with van der Waals surface area (Å²) in [6.45, 7) is -1.63. The second kappa shape index (κ2) is 11.9. The predicted octanol–water partition coefficient (Wildman–Crippen LogP) is 4.45. The number of piperidine rings is 1. The van der Waals surface area contributed by atoms with Gasteiger partial charge in [0.25, 0.3) is 5.92 Å². The van der Waals surface area contributed by atoms with Gasteiger partial charge in [-0.3, -0.25) is 4.90 Å². The number of aliphatic hydroxyl groups excluding tert-OH is 1. The van der Waals surface area contributed by atoms with Gasteiger partial charge < -0.3 is 19.3 Å². The van der Waals surface area contributed by atoms with Crippen LogP contribution in [0.1, 0.15) is 21.5 Å². The lowest BCUT2D eigenvalue weighted by Crippen LogP contribution is -2.68. The molecule has 1 fully saturated rings. The zero-order chi connectivity index (χ0) is 26.3. The number of hydrogen-bond acceptors (Lipinski definition) is 6. The van der Waals surface area contributed by atoms with Crippen LogP contribution >= 0.6 is 0 Å². The number of ether oxygens (including phenoxy) is 3. The van der Waals surface area contributed by atoms with Gasteiger partial charge >= 0.3 is 12.1 Å². The summed E-state index contributed by atoms with van der Waals surface area (Å²) in [6.07, 6.45) is -4.71. The predicted molar refractivity (Wildman–Crippen MR) is 130 cm³/mol. The molecule has 194 valence electrons. The van der Waals surface area contributed by atoms with E-state index in [0.717, 1.165) is 0 Å². The number of halogens is 2. The van der Waals surface area contributed by atoms with Crippen molar-refractivity contribution in [3.63, 3.8) is 0 Å². The number of β-amino-alcohol motifs (C(OH)–C–C–N with tert-alkyl or cyclic N) is 1.